The van der Waals surface area contributed by atoms with Crippen molar-refractivity contribution >= 4 is 29.5 Å². The molecule has 168 valence electrons. The summed E-state index contributed by atoms with van der Waals surface area (Å²) in [6, 6.07) is 9.19. The number of piperazine rings is 1. The maximum atomic E-state index is 12.7. The van der Waals surface area contributed by atoms with Gasteiger partial charge in [0.15, 0.2) is 5.76 Å². The smallest absolute Gasteiger partial charge is 0.338 e. The molecule has 1 aromatic carbocycles. The number of benzene rings is 1. The Hall–Kier alpha value is -3.30. The molecule has 0 aliphatic carbocycles. The van der Waals surface area contributed by atoms with Gasteiger partial charge in [0, 0.05) is 43.4 Å². The second-order valence-electron chi connectivity index (χ2n) is 7.48. The molecule has 2 N–H and O–H groups in total. The molecular formula is C22H23ClN4O5. The van der Waals surface area contributed by atoms with Gasteiger partial charge in [-0.05, 0) is 23.8 Å². The number of urea groups is 1. The van der Waals surface area contributed by atoms with Crippen LogP contribution in [0.3, 0.4) is 0 Å². The minimum Gasteiger partial charge on any atom is -0.466 e. The van der Waals surface area contributed by atoms with Crippen LogP contribution < -0.4 is 10.6 Å². The van der Waals surface area contributed by atoms with E-state index in [0.29, 0.717) is 60.3 Å². The molecule has 1 fully saturated rings. The summed E-state index contributed by atoms with van der Waals surface area (Å²) in [6.07, 6.45) is 1.47. The van der Waals surface area contributed by atoms with Gasteiger partial charge in [0.1, 0.15) is 0 Å². The van der Waals surface area contributed by atoms with Crippen molar-refractivity contribution in [2.24, 2.45) is 0 Å². The highest BCUT2D eigenvalue weighted by Crippen LogP contribution is 2.32. The Labute approximate surface area is 189 Å². The minimum absolute atomic E-state index is 0.155. The van der Waals surface area contributed by atoms with Gasteiger partial charge in [0.2, 0.25) is 0 Å². The molecule has 9 nitrogen and oxygen atoms in total. The van der Waals surface area contributed by atoms with E-state index in [2.05, 4.69) is 15.5 Å². The molecular weight excluding hydrogens is 436 g/mol. The lowest BCUT2D eigenvalue weighted by Gasteiger charge is -2.36. The van der Waals surface area contributed by atoms with Crippen LogP contribution >= 0.6 is 11.6 Å². The molecule has 0 radical (unpaired) electrons. The Morgan fingerprint density at radius 1 is 1.16 bits per heavy atom. The largest absolute Gasteiger partial charge is 0.466 e. The van der Waals surface area contributed by atoms with Crippen LogP contribution in [-0.4, -0.2) is 67.5 Å². The first-order valence-corrected chi connectivity index (χ1v) is 10.5. The average molecular weight is 459 g/mol. The van der Waals surface area contributed by atoms with Crippen LogP contribution in [0, 0.1) is 0 Å². The summed E-state index contributed by atoms with van der Waals surface area (Å²) >= 11 is 6.34. The predicted molar refractivity (Wildman–Crippen MR) is 116 cm³/mol. The molecule has 3 heterocycles. The van der Waals surface area contributed by atoms with Gasteiger partial charge < -0.3 is 24.7 Å². The quantitative estimate of drug-likeness (QED) is 0.665. The summed E-state index contributed by atoms with van der Waals surface area (Å²) in [5.74, 6) is -0.399. The van der Waals surface area contributed by atoms with Crippen molar-refractivity contribution in [1.82, 2.24) is 20.4 Å². The Bertz CT molecular complexity index is 1040. The summed E-state index contributed by atoms with van der Waals surface area (Å²) in [7, 11) is 1.30. The van der Waals surface area contributed by atoms with E-state index in [-0.39, 0.29) is 5.91 Å². The van der Waals surface area contributed by atoms with Gasteiger partial charge in [-0.15, -0.1) is 0 Å². The predicted octanol–water partition coefficient (Wildman–Crippen LogP) is 2.17. The van der Waals surface area contributed by atoms with Crippen LogP contribution in [0.2, 0.25) is 5.02 Å². The third-order valence-corrected chi connectivity index (χ3v) is 5.89. The number of hydrogen-bond donors (Lipinski definition) is 2. The van der Waals surface area contributed by atoms with Gasteiger partial charge in [-0.25, -0.2) is 9.59 Å². The third-order valence-electron chi connectivity index (χ3n) is 5.55. The maximum absolute atomic E-state index is 12.7. The van der Waals surface area contributed by atoms with E-state index in [1.165, 1.54) is 13.4 Å². The number of amides is 3. The fraction of sp³-hybridized carbons (Fsp3) is 0.318. The summed E-state index contributed by atoms with van der Waals surface area (Å²) in [6.45, 7) is 2.47. The van der Waals surface area contributed by atoms with E-state index >= 15 is 0 Å². The van der Waals surface area contributed by atoms with Crippen molar-refractivity contribution in [3.8, 4) is 0 Å². The average Bonchev–Trinajstić information content (AvgIpc) is 3.34. The maximum Gasteiger partial charge on any atom is 0.338 e. The van der Waals surface area contributed by atoms with E-state index < -0.39 is 18.0 Å². The number of hydrogen-bond acceptors (Lipinski definition) is 6. The highest BCUT2D eigenvalue weighted by Gasteiger charge is 2.35. The van der Waals surface area contributed by atoms with Crippen LogP contribution in [0.15, 0.2) is 58.3 Å². The van der Waals surface area contributed by atoms with Gasteiger partial charge in [0.05, 0.1) is 25.0 Å². The van der Waals surface area contributed by atoms with Gasteiger partial charge in [0.25, 0.3) is 5.91 Å². The van der Waals surface area contributed by atoms with Crippen molar-refractivity contribution in [2.45, 2.75) is 6.04 Å². The summed E-state index contributed by atoms with van der Waals surface area (Å²) in [4.78, 5) is 41.4. The van der Waals surface area contributed by atoms with Gasteiger partial charge in [-0.2, -0.15) is 0 Å². The second-order valence-corrected chi connectivity index (χ2v) is 7.89. The zero-order valence-electron chi connectivity index (χ0n) is 17.5. The molecule has 10 heteroatoms. The lowest BCUT2D eigenvalue weighted by Crippen LogP contribution is -2.52. The van der Waals surface area contributed by atoms with E-state index in [9.17, 15) is 14.4 Å². The zero-order valence-corrected chi connectivity index (χ0v) is 18.2. The lowest BCUT2D eigenvalue weighted by molar-refractivity contribution is -0.136. The molecule has 2 aliphatic heterocycles. The number of nitrogens with zero attached hydrogens (tertiary/aromatic N) is 2. The standard InChI is InChI=1S/C22H23ClN4O5/c1-31-21(29)18-16(24-22(30)25-19(18)14-5-2-3-6-15(14)23)13-26-8-10-27(11-9-26)20(28)17-7-4-12-32-17/h2-7,12,19H,8-11,13H2,1H3,(H2,24,25,30)/t19-/m1/s1. The molecule has 0 spiro atoms. The number of nitrogens with one attached hydrogen (secondary N) is 2. The van der Waals surface area contributed by atoms with Crippen molar-refractivity contribution in [1.29, 1.82) is 0 Å². The van der Waals surface area contributed by atoms with E-state index in [0.717, 1.165) is 0 Å². The van der Waals surface area contributed by atoms with Crippen LogP contribution in [0.1, 0.15) is 22.2 Å². The molecule has 3 amide bonds. The minimum atomic E-state index is -0.735. The van der Waals surface area contributed by atoms with E-state index in [1.807, 2.05) is 0 Å². The molecule has 1 atom stereocenters. The van der Waals surface area contributed by atoms with Crippen molar-refractivity contribution in [3.63, 3.8) is 0 Å². The molecule has 0 bridgehead atoms. The van der Waals surface area contributed by atoms with Crippen LogP contribution in [0.5, 0.6) is 0 Å². The van der Waals surface area contributed by atoms with Gasteiger partial charge in [-0.1, -0.05) is 29.8 Å². The number of halogens is 1. The number of carbonyl (C=O) groups is 3. The summed E-state index contributed by atoms with van der Waals surface area (Å²) in [5, 5.41) is 5.96. The first-order valence-electron chi connectivity index (χ1n) is 10.2. The molecule has 1 saturated heterocycles. The van der Waals surface area contributed by atoms with Crippen molar-refractivity contribution in [3.05, 3.63) is 70.3 Å². The number of furan rings is 1. The molecule has 0 saturated carbocycles. The number of carbonyl (C=O) groups excluding carboxylic acids is 3. The van der Waals surface area contributed by atoms with Crippen LogP contribution in [0.25, 0.3) is 0 Å². The monoisotopic (exact) mass is 458 g/mol. The number of esters is 1. The summed E-state index contributed by atoms with van der Waals surface area (Å²) in [5.41, 5.74) is 1.36. The zero-order chi connectivity index (χ0) is 22.7. The van der Waals surface area contributed by atoms with Gasteiger partial charge in [-0.3, -0.25) is 9.69 Å². The second kappa shape index (κ2) is 9.46. The normalized spacial score (nSPS) is 19.4. The van der Waals surface area contributed by atoms with E-state index in [1.54, 1.807) is 41.3 Å². The Kier molecular flexibility index (Phi) is 6.48. The fourth-order valence-electron chi connectivity index (χ4n) is 3.92. The summed E-state index contributed by atoms with van der Waals surface area (Å²) < 4.78 is 10.2. The number of ether oxygens (including phenoxy) is 1. The Morgan fingerprint density at radius 3 is 2.56 bits per heavy atom. The number of rotatable bonds is 5. The van der Waals surface area contributed by atoms with Gasteiger partial charge >= 0.3 is 12.0 Å². The molecule has 1 aromatic heterocycles. The highest BCUT2D eigenvalue weighted by atomic mass is 35.5. The van der Waals surface area contributed by atoms with E-state index in [4.69, 9.17) is 20.8 Å². The van der Waals surface area contributed by atoms with Crippen LogP contribution in [-0.2, 0) is 9.53 Å². The Morgan fingerprint density at radius 2 is 1.91 bits per heavy atom. The molecule has 4 rings (SSSR count). The SMILES string of the molecule is COC(=O)C1=C(CN2CCN(C(=O)c3ccco3)CC2)NC(=O)N[C@@H]1c1ccccc1Cl. The number of methoxy groups -OCH3 is 1. The highest BCUT2D eigenvalue weighted by molar-refractivity contribution is 6.31. The lowest BCUT2D eigenvalue weighted by atomic mass is 9.95. The first kappa shape index (κ1) is 21.9. The molecule has 2 aromatic rings. The van der Waals surface area contributed by atoms with Crippen molar-refractivity contribution < 1.29 is 23.5 Å². The first-order chi connectivity index (χ1) is 15.5. The van der Waals surface area contributed by atoms with Crippen LogP contribution in [0.4, 0.5) is 4.79 Å². The fourth-order valence-corrected chi connectivity index (χ4v) is 4.17. The molecule has 32 heavy (non-hydrogen) atoms. The molecule has 2 aliphatic rings. The Balaban J connectivity index is 1.54. The topological polar surface area (TPSA) is 104 Å². The third kappa shape index (κ3) is 4.49. The molecule has 0 unspecified atom stereocenters. The van der Waals surface area contributed by atoms with Crippen molar-refractivity contribution in [2.75, 3.05) is 39.8 Å².